The van der Waals surface area contributed by atoms with Crippen molar-refractivity contribution in [3.05, 3.63) is 28.6 Å². The van der Waals surface area contributed by atoms with Crippen molar-refractivity contribution in [2.45, 2.75) is 18.2 Å². The number of aromatic nitrogens is 1. The van der Waals surface area contributed by atoms with E-state index in [1.54, 1.807) is 30.0 Å². The third-order valence-corrected chi connectivity index (χ3v) is 3.55. The number of rotatable bonds is 4. The Morgan fingerprint density at radius 2 is 2.33 bits per heavy atom. The summed E-state index contributed by atoms with van der Waals surface area (Å²) in [6, 6.07) is 1.78. The first-order valence-corrected chi connectivity index (χ1v) is 7.13. The number of pyridine rings is 1. The number of allylic oxidation sites excluding steroid dienone is 1. The largest absolute Gasteiger partial charge is 0.454 e. The van der Waals surface area contributed by atoms with E-state index in [4.69, 9.17) is 16.0 Å². The molecule has 0 spiro atoms. The average molecular weight is 286 g/mol. The summed E-state index contributed by atoms with van der Waals surface area (Å²) in [5.41, 5.74) is 2.44. The molecule has 2 heterocycles. The lowest BCUT2D eigenvalue weighted by molar-refractivity contribution is 0.501. The van der Waals surface area contributed by atoms with E-state index in [1.165, 1.54) is 0 Å². The fraction of sp³-hybridized carbons (Fsp3) is 0.308. The van der Waals surface area contributed by atoms with Crippen LogP contribution in [-0.4, -0.2) is 17.9 Å². The zero-order valence-corrected chi connectivity index (χ0v) is 11.7. The average Bonchev–Trinajstić information content (AvgIpc) is 2.67. The summed E-state index contributed by atoms with van der Waals surface area (Å²) in [5, 5.41) is 0.454. The van der Waals surface area contributed by atoms with Crippen LogP contribution in [0.3, 0.4) is 0 Å². The molecule has 0 saturated heterocycles. The maximum Gasteiger partial charge on any atom is 0.167 e. The van der Waals surface area contributed by atoms with Crippen LogP contribution < -0.4 is 0 Å². The van der Waals surface area contributed by atoms with Crippen molar-refractivity contribution in [1.29, 1.82) is 0 Å². The number of alkyl halides is 1. The summed E-state index contributed by atoms with van der Waals surface area (Å²) in [6.45, 7) is 1.56. The second-order valence-corrected chi connectivity index (χ2v) is 5.03. The van der Waals surface area contributed by atoms with E-state index in [9.17, 15) is 4.39 Å². The Hall–Kier alpha value is -1.00. The predicted molar refractivity (Wildman–Crippen MR) is 75.2 cm³/mol. The molecule has 0 aromatic carbocycles. The fourth-order valence-electron chi connectivity index (χ4n) is 1.70. The fourth-order valence-corrected chi connectivity index (χ4v) is 2.51. The predicted octanol–water partition coefficient (Wildman–Crippen LogP) is 4.88. The number of halogens is 2. The van der Waals surface area contributed by atoms with Crippen LogP contribution in [0.2, 0.25) is 5.15 Å². The lowest BCUT2D eigenvalue weighted by Crippen LogP contribution is -1.81. The number of thioether (sulfide) groups is 1. The molecule has 0 aliphatic rings. The molecular weight excluding hydrogens is 273 g/mol. The van der Waals surface area contributed by atoms with Crippen molar-refractivity contribution in [3.8, 4) is 0 Å². The first-order chi connectivity index (χ1) is 8.67. The van der Waals surface area contributed by atoms with Gasteiger partial charge in [0.2, 0.25) is 0 Å². The van der Waals surface area contributed by atoms with Crippen LogP contribution in [0.1, 0.15) is 17.7 Å². The van der Waals surface area contributed by atoms with Gasteiger partial charge in [-0.05, 0) is 31.7 Å². The van der Waals surface area contributed by atoms with Crippen LogP contribution in [0.25, 0.3) is 17.2 Å². The molecule has 0 aliphatic heterocycles. The van der Waals surface area contributed by atoms with Gasteiger partial charge >= 0.3 is 0 Å². The topological polar surface area (TPSA) is 26.0 Å². The zero-order chi connectivity index (χ0) is 13.1. The second kappa shape index (κ2) is 5.76. The van der Waals surface area contributed by atoms with Crippen LogP contribution in [0.5, 0.6) is 0 Å². The standard InChI is InChI=1S/C13H13ClFNOS/c1-8-9(5-3-4-6-15)17-13-10(18-2)7-11(14)16-12(8)13/h3,5,7H,4,6H2,1-2H3/b5-3-. The molecule has 2 aromatic rings. The van der Waals surface area contributed by atoms with Gasteiger partial charge in [-0.2, -0.15) is 0 Å². The van der Waals surface area contributed by atoms with Gasteiger partial charge < -0.3 is 4.42 Å². The van der Waals surface area contributed by atoms with E-state index in [0.717, 1.165) is 21.6 Å². The van der Waals surface area contributed by atoms with Crippen molar-refractivity contribution in [2.24, 2.45) is 0 Å². The van der Waals surface area contributed by atoms with E-state index in [2.05, 4.69) is 4.98 Å². The number of hydrogen-bond donors (Lipinski definition) is 0. The lowest BCUT2D eigenvalue weighted by Gasteiger charge is -1.97. The van der Waals surface area contributed by atoms with Crippen molar-refractivity contribution in [3.63, 3.8) is 0 Å². The van der Waals surface area contributed by atoms with E-state index >= 15 is 0 Å². The summed E-state index contributed by atoms with van der Waals surface area (Å²) < 4.78 is 17.8. The monoisotopic (exact) mass is 285 g/mol. The molecule has 0 atom stereocenters. The summed E-state index contributed by atoms with van der Waals surface area (Å²) in [5.74, 6) is 0.712. The molecule has 0 radical (unpaired) electrons. The van der Waals surface area contributed by atoms with Gasteiger partial charge in [-0.1, -0.05) is 17.7 Å². The molecule has 0 fully saturated rings. The molecule has 0 amide bonds. The van der Waals surface area contributed by atoms with E-state index in [0.29, 0.717) is 17.3 Å². The Balaban J connectivity index is 2.55. The summed E-state index contributed by atoms with van der Waals surface area (Å²) >= 11 is 7.54. The minimum Gasteiger partial charge on any atom is -0.454 e. The molecule has 0 saturated carbocycles. The molecule has 2 nitrogen and oxygen atoms in total. The third kappa shape index (κ3) is 2.54. The molecule has 5 heteroatoms. The van der Waals surface area contributed by atoms with Crippen molar-refractivity contribution >= 4 is 40.5 Å². The van der Waals surface area contributed by atoms with Crippen molar-refractivity contribution in [1.82, 2.24) is 4.98 Å². The van der Waals surface area contributed by atoms with Crippen LogP contribution in [-0.2, 0) is 0 Å². The normalized spacial score (nSPS) is 11.8. The van der Waals surface area contributed by atoms with Crippen LogP contribution in [0.15, 0.2) is 21.5 Å². The first-order valence-electron chi connectivity index (χ1n) is 5.53. The Morgan fingerprint density at radius 3 is 3.00 bits per heavy atom. The highest BCUT2D eigenvalue weighted by Crippen LogP contribution is 2.33. The van der Waals surface area contributed by atoms with Gasteiger partial charge in [-0.25, -0.2) is 4.98 Å². The number of furan rings is 1. The molecule has 0 N–H and O–H groups in total. The highest BCUT2D eigenvalue weighted by Gasteiger charge is 2.14. The number of fused-ring (bicyclic) bond motifs is 1. The quantitative estimate of drug-likeness (QED) is 0.591. The van der Waals surface area contributed by atoms with Crippen LogP contribution >= 0.6 is 23.4 Å². The Morgan fingerprint density at radius 1 is 1.56 bits per heavy atom. The second-order valence-electron chi connectivity index (χ2n) is 3.80. The van der Waals surface area contributed by atoms with Gasteiger partial charge in [-0.15, -0.1) is 11.8 Å². The molecule has 0 unspecified atom stereocenters. The van der Waals surface area contributed by atoms with Gasteiger partial charge in [-0.3, -0.25) is 4.39 Å². The zero-order valence-electron chi connectivity index (χ0n) is 10.2. The molecule has 18 heavy (non-hydrogen) atoms. The van der Waals surface area contributed by atoms with Gasteiger partial charge in [0, 0.05) is 5.56 Å². The Labute approximate surface area is 114 Å². The maximum absolute atomic E-state index is 12.1. The molecule has 0 bridgehead atoms. The van der Waals surface area contributed by atoms with Crippen molar-refractivity contribution < 1.29 is 8.81 Å². The highest BCUT2D eigenvalue weighted by molar-refractivity contribution is 7.98. The third-order valence-electron chi connectivity index (χ3n) is 2.61. The van der Waals surface area contributed by atoms with Crippen molar-refractivity contribution in [2.75, 3.05) is 12.9 Å². The number of aryl methyl sites for hydroxylation is 1. The minimum absolute atomic E-state index is 0.365. The van der Waals surface area contributed by atoms with Crippen LogP contribution in [0.4, 0.5) is 4.39 Å². The van der Waals surface area contributed by atoms with Gasteiger partial charge in [0.1, 0.15) is 16.4 Å². The smallest absolute Gasteiger partial charge is 0.167 e. The Bertz CT molecular complexity index is 594. The molecule has 0 aliphatic carbocycles. The summed E-state index contributed by atoms with van der Waals surface area (Å²) in [7, 11) is 0. The van der Waals surface area contributed by atoms with E-state index in [-0.39, 0.29) is 6.67 Å². The van der Waals surface area contributed by atoms with Gasteiger partial charge in [0.05, 0.1) is 11.6 Å². The molecule has 2 rings (SSSR count). The van der Waals surface area contributed by atoms with E-state index < -0.39 is 0 Å². The highest BCUT2D eigenvalue weighted by atomic mass is 35.5. The first kappa shape index (κ1) is 13.4. The molecule has 96 valence electrons. The van der Waals surface area contributed by atoms with E-state index in [1.807, 2.05) is 13.2 Å². The number of nitrogens with zero attached hydrogens (tertiary/aromatic N) is 1. The minimum atomic E-state index is -0.365. The van der Waals surface area contributed by atoms with Gasteiger partial charge in [0.15, 0.2) is 5.58 Å². The molecule has 2 aromatic heterocycles. The Kier molecular flexibility index (Phi) is 4.30. The van der Waals surface area contributed by atoms with Gasteiger partial charge in [0.25, 0.3) is 0 Å². The van der Waals surface area contributed by atoms with Crippen LogP contribution in [0, 0.1) is 6.92 Å². The SMILES string of the molecule is CSc1cc(Cl)nc2c(C)c(/C=C\CCF)oc12. The molecular formula is C13H13ClFNOS. The maximum atomic E-state index is 12.1. The lowest BCUT2D eigenvalue weighted by atomic mass is 10.2. The number of hydrogen-bond acceptors (Lipinski definition) is 3. The summed E-state index contributed by atoms with van der Waals surface area (Å²) in [4.78, 5) is 5.24. The summed E-state index contributed by atoms with van der Waals surface area (Å²) in [6.07, 6.45) is 5.89.